The zero-order valence-corrected chi connectivity index (χ0v) is 14.9. The summed E-state index contributed by atoms with van der Waals surface area (Å²) in [5.74, 6) is -0.618. The van der Waals surface area contributed by atoms with E-state index in [1.54, 1.807) is 24.3 Å². The second kappa shape index (κ2) is 7.50. The average Bonchev–Trinajstić information content (AvgIpc) is 3.10. The highest BCUT2D eigenvalue weighted by Gasteiger charge is 2.21. The van der Waals surface area contributed by atoms with Crippen LogP contribution in [0.2, 0.25) is 5.02 Å². The number of nitrogens with zero attached hydrogens (tertiary/aromatic N) is 5. The minimum atomic E-state index is -0.650. The molecule has 1 aromatic heterocycles. The molecule has 132 valence electrons. The molecule has 0 radical (unpaired) electrons. The first kappa shape index (κ1) is 17.8. The maximum Gasteiger partial charge on any atom is 0.283 e. The SMILES string of the molecule is CSc1nnnn1-c1cccc(NC(=O)c2ccc(Cl)cc2[N+](=O)[O-])c1. The third-order valence-corrected chi connectivity index (χ3v) is 4.23. The third kappa shape index (κ3) is 3.65. The Morgan fingerprint density at radius 3 is 2.85 bits per heavy atom. The minimum Gasteiger partial charge on any atom is -0.322 e. The molecule has 0 bridgehead atoms. The highest BCUT2D eigenvalue weighted by molar-refractivity contribution is 7.98. The Morgan fingerprint density at radius 1 is 1.31 bits per heavy atom. The van der Waals surface area contributed by atoms with Gasteiger partial charge in [0, 0.05) is 16.8 Å². The molecule has 1 heterocycles. The summed E-state index contributed by atoms with van der Waals surface area (Å²) in [6.45, 7) is 0. The fourth-order valence-electron chi connectivity index (χ4n) is 2.23. The van der Waals surface area contributed by atoms with E-state index >= 15 is 0 Å². The van der Waals surface area contributed by atoms with Crippen molar-refractivity contribution in [2.75, 3.05) is 11.6 Å². The third-order valence-electron chi connectivity index (χ3n) is 3.37. The summed E-state index contributed by atoms with van der Waals surface area (Å²) < 4.78 is 1.52. The summed E-state index contributed by atoms with van der Waals surface area (Å²) in [6.07, 6.45) is 1.84. The number of benzene rings is 2. The van der Waals surface area contributed by atoms with Crippen LogP contribution in [0.25, 0.3) is 5.69 Å². The van der Waals surface area contributed by atoms with E-state index in [-0.39, 0.29) is 16.3 Å². The van der Waals surface area contributed by atoms with Gasteiger partial charge in [0.25, 0.3) is 11.6 Å². The van der Waals surface area contributed by atoms with E-state index in [4.69, 9.17) is 11.6 Å². The Hall–Kier alpha value is -2.98. The van der Waals surface area contributed by atoms with Crippen molar-refractivity contribution in [1.82, 2.24) is 20.2 Å². The van der Waals surface area contributed by atoms with E-state index in [0.717, 1.165) is 6.07 Å². The van der Waals surface area contributed by atoms with Crippen molar-refractivity contribution < 1.29 is 9.72 Å². The van der Waals surface area contributed by atoms with Gasteiger partial charge in [-0.2, -0.15) is 4.68 Å². The molecule has 0 unspecified atom stereocenters. The molecule has 0 fully saturated rings. The fraction of sp³-hybridized carbons (Fsp3) is 0.0667. The van der Waals surface area contributed by atoms with E-state index in [1.807, 2.05) is 6.26 Å². The number of nitro groups is 1. The summed E-state index contributed by atoms with van der Waals surface area (Å²) in [5.41, 5.74) is 0.635. The Morgan fingerprint density at radius 2 is 2.12 bits per heavy atom. The molecule has 0 spiro atoms. The van der Waals surface area contributed by atoms with Crippen molar-refractivity contribution in [3.05, 3.63) is 63.2 Å². The van der Waals surface area contributed by atoms with E-state index in [2.05, 4.69) is 20.8 Å². The van der Waals surface area contributed by atoms with E-state index in [1.165, 1.54) is 28.6 Å². The molecule has 26 heavy (non-hydrogen) atoms. The van der Waals surface area contributed by atoms with Crippen molar-refractivity contribution in [2.24, 2.45) is 0 Å². The van der Waals surface area contributed by atoms with E-state index < -0.39 is 10.8 Å². The molecule has 0 aliphatic rings. The number of rotatable bonds is 5. The molecule has 11 heteroatoms. The molecular formula is C15H11ClN6O3S. The molecule has 1 amide bonds. The Bertz CT molecular complexity index is 993. The van der Waals surface area contributed by atoms with Crippen LogP contribution in [-0.2, 0) is 0 Å². The van der Waals surface area contributed by atoms with Crippen LogP contribution in [0.1, 0.15) is 10.4 Å². The van der Waals surface area contributed by atoms with Gasteiger partial charge in [0.2, 0.25) is 5.16 Å². The summed E-state index contributed by atoms with van der Waals surface area (Å²) in [4.78, 5) is 23.0. The van der Waals surface area contributed by atoms with Crippen molar-refractivity contribution in [3.8, 4) is 5.69 Å². The Kier molecular flexibility index (Phi) is 5.14. The lowest BCUT2D eigenvalue weighted by molar-refractivity contribution is -0.385. The van der Waals surface area contributed by atoms with Crippen LogP contribution in [0, 0.1) is 10.1 Å². The second-order valence-corrected chi connectivity index (χ2v) is 6.21. The van der Waals surface area contributed by atoms with Gasteiger partial charge >= 0.3 is 0 Å². The maximum absolute atomic E-state index is 12.5. The van der Waals surface area contributed by atoms with Crippen LogP contribution in [0.4, 0.5) is 11.4 Å². The largest absolute Gasteiger partial charge is 0.322 e. The molecule has 0 atom stereocenters. The molecule has 3 aromatic rings. The number of nitro benzene ring substituents is 1. The minimum absolute atomic E-state index is 0.0861. The predicted octanol–water partition coefficient (Wildman–Crippen LogP) is 3.20. The van der Waals surface area contributed by atoms with Crippen molar-refractivity contribution in [1.29, 1.82) is 0 Å². The zero-order chi connectivity index (χ0) is 18.7. The predicted molar refractivity (Wildman–Crippen MR) is 97.0 cm³/mol. The molecule has 0 saturated carbocycles. The quantitative estimate of drug-likeness (QED) is 0.404. The van der Waals surface area contributed by atoms with Gasteiger partial charge in [0.1, 0.15) is 5.56 Å². The van der Waals surface area contributed by atoms with Crippen molar-refractivity contribution >= 4 is 40.6 Å². The van der Waals surface area contributed by atoms with Gasteiger partial charge in [0.15, 0.2) is 0 Å². The van der Waals surface area contributed by atoms with E-state index in [9.17, 15) is 14.9 Å². The number of halogens is 1. The van der Waals surface area contributed by atoms with Gasteiger partial charge in [-0.15, -0.1) is 5.10 Å². The van der Waals surface area contributed by atoms with Crippen molar-refractivity contribution in [2.45, 2.75) is 5.16 Å². The first-order chi connectivity index (χ1) is 12.5. The Labute approximate surface area is 156 Å². The first-order valence-electron chi connectivity index (χ1n) is 7.17. The smallest absolute Gasteiger partial charge is 0.283 e. The maximum atomic E-state index is 12.5. The molecular weight excluding hydrogens is 380 g/mol. The van der Waals surface area contributed by atoms with Crippen LogP contribution in [-0.4, -0.2) is 37.3 Å². The number of tetrazole rings is 1. The van der Waals surface area contributed by atoms with Gasteiger partial charge in [-0.3, -0.25) is 14.9 Å². The number of amides is 1. The molecule has 9 nitrogen and oxygen atoms in total. The van der Waals surface area contributed by atoms with E-state index in [0.29, 0.717) is 16.5 Å². The molecule has 3 rings (SSSR count). The highest BCUT2D eigenvalue weighted by Crippen LogP contribution is 2.25. The average molecular weight is 391 g/mol. The lowest BCUT2D eigenvalue weighted by Gasteiger charge is -2.08. The summed E-state index contributed by atoms with van der Waals surface area (Å²) in [6, 6.07) is 10.7. The lowest BCUT2D eigenvalue weighted by Crippen LogP contribution is -2.14. The monoisotopic (exact) mass is 390 g/mol. The topological polar surface area (TPSA) is 116 Å². The summed E-state index contributed by atoms with van der Waals surface area (Å²) in [7, 11) is 0. The number of nitrogens with one attached hydrogen (secondary N) is 1. The number of hydrogen-bond donors (Lipinski definition) is 1. The van der Waals surface area contributed by atoms with Crippen LogP contribution in [0.3, 0.4) is 0 Å². The number of anilines is 1. The van der Waals surface area contributed by atoms with Crippen LogP contribution >= 0.6 is 23.4 Å². The summed E-state index contributed by atoms with van der Waals surface area (Å²) >= 11 is 7.14. The molecule has 0 aliphatic carbocycles. The van der Waals surface area contributed by atoms with Crippen LogP contribution in [0.15, 0.2) is 47.6 Å². The van der Waals surface area contributed by atoms with Gasteiger partial charge in [-0.05, 0) is 47.0 Å². The first-order valence-corrected chi connectivity index (χ1v) is 8.78. The van der Waals surface area contributed by atoms with Gasteiger partial charge in [-0.1, -0.05) is 29.4 Å². The van der Waals surface area contributed by atoms with Crippen LogP contribution < -0.4 is 5.32 Å². The van der Waals surface area contributed by atoms with Gasteiger partial charge in [0.05, 0.1) is 10.6 Å². The number of aromatic nitrogens is 4. The van der Waals surface area contributed by atoms with Crippen LogP contribution in [0.5, 0.6) is 0 Å². The molecule has 0 aliphatic heterocycles. The molecule has 2 aromatic carbocycles. The normalized spacial score (nSPS) is 10.5. The number of carbonyl (C=O) groups excluding carboxylic acids is 1. The Balaban J connectivity index is 1.89. The van der Waals surface area contributed by atoms with Gasteiger partial charge in [-0.25, -0.2) is 0 Å². The molecule has 0 saturated heterocycles. The zero-order valence-electron chi connectivity index (χ0n) is 13.3. The lowest BCUT2D eigenvalue weighted by atomic mass is 10.1. The number of thioether (sulfide) groups is 1. The fourth-order valence-corrected chi connectivity index (χ4v) is 2.83. The number of carbonyl (C=O) groups is 1. The van der Waals surface area contributed by atoms with Crippen molar-refractivity contribution in [3.63, 3.8) is 0 Å². The van der Waals surface area contributed by atoms with Gasteiger partial charge < -0.3 is 5.32 Å². The molecule has 1 N–H and O–H groups in total. The standard InChI is InChI=1S/C15H11ClN6O3S/c1-26-15-18-19-20-21(15)11-4-2-3-10(8-11)17-14(23)12-6-5-9(16)7-13(12)22(24)25/h2-8H,1H3,(H,17,23). The highest BCUT2D eigenvalue weighted by atomic mass is 35.5. The second-order valence-electron chi connectivity index (χ2n) is 5.00. The summed E-state index contributed by atoms with van der Waals surface area (Å²) in [5, 5.41) is 25.9. The number of hydrogen-bond acceptors (Lipinski definition) is 7.